The standard InChI is InChI=1S/C25H19N3O2S/c26-15-16-30-20-14-8-7-13-19(20)23-21(24(29)18-11-5-2-6-12-18)22(27-25(31)28-23)17-9-3-1-4-10-17/h1-14,23H,16H2,(H2,27,28,31). The van der Waals surface area contributed by atoms with E-state index in [-0.39, 0.29) is 12.4 Å². The van der Waals surface area contributed by atoms with Crippen LogP contribution in [-0.4, -0.2) is 17.5 Å². The van der Waals surface area contributed by atoms with Crippen molar-refractivity contribution in [1.82, 2.24) is 10.6 Å². The number of rotatable bonds is 6. The van der Waals surface area contributed by atoms with Crippen molar-refractivity contribution < 1.29 is 9.53 Å². The zero-order valence-electron chi connectivity index (χ0n) is 16.5. The van der Waals surface area contributed by atoms with Crippen molar-refractivity contribution in [3.63, 3.8) is 0 Å². The van der Waals surface area contributed by atoms with Gasteiger partial charge in [-0.2, -0.15) is 5.26 Å². The highest BCUT2D eigenvalue weighted by Gasteiger charge is 2.34. The van der Waals surface area contributed by atoms with Crippen LogP contribution in [0.5, 0.6) is 5.75 Å². The molecule has 0 amide bonds. The molecule has 6 heteroatoms. The third-order valence-corrected chi connectivity index (χ3v) is 5.16. The first-order valence-corrected chi connectivity index (χ1v) is 10.2. The molecule has 1 unspecified atom stereocenters. The van der Waals surface area contributed by atoms with Crippen molar-refractivity contribution in [3.05, 3.63) is 107 Å². The number of ketones is 1. The molecule has 2 N–H and O–H groups in total. The fourth-order valence-corrected chi connectivity index (χ4v) is 3.80. The van der Waals surface area contributed by atoms with Crippen LogP contribution in [0.3, 0.4) is 0 Å². The molecule has 31 heavy (non-hydrogen) atoms. The van der Waals surface area contributed by atoms with Gasteiger partial charge in [0.15, 0.2) is 17.5 Å². The Hall–Kier alpha value is -3.95. The third-order valence-electron chi connectivity index (χ3n) is 4.94. The van der Waals surface area contributed by atoms with E-state index >= 15 is 0 Å². The van der Waals surface area contributed by atoms with E-state index in [1.807, 2.05) is 72.8 Å². The molecule has 0 saturated carbocycles. The molecular formula is C25H19N3O2S. The first-order valence-electron chi connectivity index (χ1n) is 9.74. The van der Waals surface area contributed by atoms with Gasteiger partial charge in [-0.15, -0.1) is 0 Å². The van der Waals surface area contributed by atoms with Crippen molar-refractivity contribution in [1.29, 1.82) is 5.26 Å². The molecule has 1 aliphatic rings. The predicted octanol–water partition coefficient (Wildman–Crippen LogP) is 4.40. The number of benzene rings is 3. The minimum atomic E-state index is -0.549. The van der Waals surface area contributed by atoms with Crippen molar-refractivity contribution >= 4 is 28.8 Å². The van der Waals surface area contributed by atoms with Crippen molar-refractivity contribution in [2.45, 2.75) is 6.04 Å². The summed E-state index contributed by atoms with van der Waals surface area (Å²) < 4.78 is 5.65. The fourth-order valence-electron chi connectivity index (χ4n) is 3.58. The molecule has 0 aliphatic carbocycles. The number of para-hydroxylation sites is 1. The van der Waals surface area contributed by atoms with E-state index in [0.717, 1.165) is 11.1 Å². The van der Waals surface area contributed by atoms with Gasteiger partial charge in [-0.25, -0.2) is 0 Å². The quantitative estimate of drug-likeness (QED) is 0.450. The van der Waals surface area contributed by atoms with Crippen LogP contribution in [0, 0.1) is 11.3 Å². The number of nitrogens with one attached hydrogen (secondary N) is 2. The van der Waals surface area contributed by atoms with Crippen LogP contribution in [-0.2, 0) is 0 Å². The molecule has 0 spiro atoms. The highest BCUT2D eigenvalue weighted by atomic mass is 32.1. The number of Topliss-reactive ketones (excluding diaryl/α,β-unsaturated/α-hetero) is 1. The van der Waals surface area contributed by atoms with E-state index in [4.69, 9.17) is 22.2 Å². The van der Waals surface area contributed by atoms with Crippen LogP contribution in [0.4, 0.5) is 0 Å². The van der Waals surface area contributed by atoms with Crippen LogP contribution in [0.25, 0.3) is 5.70 Å². The summed E-state index contributed by atoms with van der Waals surface area (Å²) in [6.45, 7) is -0.0936. The van der Waals surface area contributed by atoms with Gasteiger partial charge in [0.05, 0.1) is 17.3 Å². The predicted molar refractivity (Wildman–Crippen MR) is 123 cm³/mol. The van der Waals surface area contributed by atoms with Crippen LogP contribution < -0.4 is 15.4 Å². The number of nitriles is 1. The number of thiocarbonyl (C=S) groups is 1. The Balaban J connectivity index is 1.92. The molecule has 1 aliphatic heterocycles. The zero-order chi connectivity index (χ0) is 21.6. The van der Waals surface area contributed by atoms with E-state index in [2.05, 4.69) is 10.6 Å². The molecule has 0 radical (unpaired) electrons. The zero-order valence-corrected chi connectivity index (χ0v) is 17.4. The molecular weight excluding hydrogens is 406 g/mol. The summed E-state index contributed by atoms with van der Waals surface area (Å²) in [7, 11) is 0. The average molecular weight is 426 g/mol. The summed E-state index contributed by atoms with van der Waals surface area (Å²) in [6.07, 6.45) is 0. The van der Waals surface area contributed by atoms with Crippen molar-refractivity contribution in [2.75, 3.05) is 6.61 Å². The lowest BCUT2D eigenvalue weighted by molar-refractivity contribution is 0.102. The molecule has 0 bridgehead atoms. The number of hydrogen-bond donors (Lipinski definition) is 2. The summed E-state index contributed by atoms with van der Waals surface area (Å²) in [5.74, 6) is 0.402. The van der Waals surface area contributed by atoms with E-state index in [0.29, 0.717) is 27.7 Å². The van der Waals surface area contributed by atoms with Gasteiger partial charge in [-0.1, -0.05) is 78.9 Å². The molecule has 3 aromatic carbocycles. The topological polar surface area (TPSA) is 74.2 Å². The number of carbonyl (C=O) groups is 1. The number of nitrogens with zero attached hydrogens (tertiary/aromatic N) is 1. The fraction of sp³-hybridized carbons (Fsp3) is 0.0800. The molecule has 4 rings (SSSR count). The highest BCUT2D eigenvalue weighted by molar-refractivity contribution is 7.80. The lowest BCUT2D eigenvalue weighted by Gasteiger charge is -2.32. The van der Waals surface area contributed by atoms with Crippen LogP contribution >= 0.6 is 12.2 Å². The van der Waals surface area contributed by atoms with Gasteiger partial charge in [0, 0.05) is 11.1 Å². The van der Waals surface area contributed by atoms with E-state index in [1.165, 1.54) is 0 Å². The minimum Gasteiger partial charge on any atom is -0.478 e. The Morgan fingerprint density at radius 2 is 1.61 bits per heavy atom. The molecule has 3 aromatic rings. The molecule has 152 valence electrons. The molecule has 5 nitrogen and oxygen atoms in total. The minimum absolute atomic E-state index is 0.0936. The molecule has 1 atom stereocenters. The second-order valence-corrected chi connectivity index (χ2v) is 7.27. The molecule has 1 heterocycles. The van der Waals surface area contributed by atoms with Gasteiger partial charge in [-0.3, -0.25) is 4.79 Å². The second-order valence-electron chi connectivity index (χ2n) is 6.87. The largest absolute Gasteiger partial charge is 0.478 e. The highest BCUT2D eigenvalue weighted by Crippen LogP contribution is 2.37. The van der Waals surface area contributed by atoms with Crippen molar-refractivity contribution in [2.24, 2.45) is 0 Å². The summed E-state index contributed by atoms with van der Waals surface area (Å²) in [5, 5.41) is 15.8. The number of carbonyl (C=O) groups excluding carboxylic acids is 1. The van der Waals surface area contributed by atoms with Gasteiger partial charge in [0.1, 0.15) is 11.8 Å². The SMILES string of the molecule is N#CCOc1ccccc1C1NC(=S)NC(c2ccccc2)=C1C(=O)c1ccccc1. The van der Waals surface area contributed by atoms with Crippen LogP contribution in [0.1, 0.15) is 27.5 Å². The summed E-state index contributed by atoms with van der Waals surface area (Å²) in [6, 6.07) is 27.5. The maximum atomic E-state index is 13.7. The van der Waals surface area contributed by atoms with Gasteiger partial charge in [0.2, 0.25) is 0 Å². The maximum Gasteiger partial charge on any atom is 0.193 e. The Kier molecular flexibility index (Phi) is 6.06. The Bertz CT molecular complexity index is 1180. The van der Waals surface area contributed by atoms with Gasteiger partial charge in [0.25, 0.3) is 0 Å². The molecule has 0 saturated heterocycles. The summed E-state index contributed by atoms with van der Waals surface area (Å²) in [5.41, 5.74) is 3.33. The first-order chi connectivity index (χ1) is 15.2. The Morgan fingerprint density at radius 1 is 0.968 bits per heavy atom. The third kappa shape index (κ3) is 4.32. The summed E-state index contributed by atoms with van der Waals surface area (Å²) >= 11 is 5.49. The van der Waals surface area contributed by atoms with E-state index < -0.39 is 6.04 Å². The average Bonchev–Trinajstić information content (AvgIpc) is 2.83. The Labute approximate surface area is 186 Å². The second kappa shape index (κ2) is 9.24. The maximum absolute atomic E-state index is 13.7. The van der Waals surface area contributed by atoms with Gasteiger partial charge in [-0.05, 0) is 23.8 Å². The first kappa shape index (κ1) is 20.3. The van der Waals surface area contributed by atoms with Crippen LogP contribution in [0.15, 0.2) is 90.5 Å². The van der Waals surface area contributed by atoms with Crippen LogP contribution in [0.2, 0.25) is 0 Å². The Morgan fingerprint density at radius 3 is 2.32 bits per heavy atom. The lowest BCUT2D eigenvalue weighted by atomic mass is 9.87. The smallest absolute Gasteiger partial charge is 0.193 e. The van der Waals surface area contributed by atoms with E-state index in [1.54, 1.807) is 18.2 Å². The molecule has 0 aromatic heterocycles. The van der Waals surface area contributed by atoms with Crippen molar-refractivity contribution in [3.8, 4) is 11.8 Å². The number of ether oxygens (including phenoxy) is 1. The monoisotopic (exact) mass is 425 g/mol. The summed E-state index contributed by atoms with van der Waals surface area (Å²) in [4.78, 5) is 13.7. The lowest BCUT2D eigenvalue weighted by Crippen LogP contribution is -2.45. The number of hydrogen-bond acceptors (Lipinski definition) is 4. The molecule has 0 fully saturated rings. The van der Waals surface area contributed by atoms with Gasteiger partial charge < -0.3 is 15.4 Å². The van der Waals surface area contributed by atoms with Gasteiger partial charge >= 0.3 is 0 Å². The van der Waals surface area contributed by atoms with E-state index in [9.17, 15) is 4.79 Å². The normalized spacial score (nSPS) is 15.5.